The van der Waals surface area contributed by atoms with Crippen molar-refractivity contribution in [3.05, 3.63) is 12.2 Å². The summed E-state index contributed by atoms with van der Waals surface area (Å²) in [5, 5.41) is 1.28. The fourth-order valence-electron chi connectivity index (χ4n) is 1.33. The van der Waals surface area contributed by atoms with Crippen LogP contribution in [0.25, 0.3) is 0 Å². The molecule has 0 aromatic rings. The van der Waals surface area contributed by atoms with E-state index in [2.05, 4.69) is 130 Å². The van der Waals surface area contributed by atoms with Crippen molar-refractivity contribution in [3.8, 4) is 0 Å². The first-order chi connectivity index (χ1) is 8.69. The summed E-state index contributed by atoms with van der Waals surface area (Å²) in [4.78, 5) is 0. The Morgan fingerprint density at radius 2 is 1.30 bits per heavy atom. The van der Waals surface area contributed by atoms with Gasteiger partial charge < -0.3 is 0 Å². The van der Waals surface area contributed by atoms with Crippen molar-refractivity contribution in [2.75, 3.05) is 10.7 Å². The van der Waals surface area contributed by atoms with Crippen molar-refractivity contribution in [2.24, 2.45) is 10.8 Å². The predicted octanol–water partition coefficient (Wildman–Crippen LogP) is 7.96. The zero-order valence-corrected chi connectivity index (χ0v) is 22.1. The molecule has 0 radical (unpaired) electrons. The molecule has 120 valence electrons. The minimum atomic E-state index is -0.482. The Balaban J connectivity index is 5.53. The lowest BCUT2D eigenvalue weighted by Gasteiger charge is -2.46. The molecule has 0 saturated carbocycles. The number of hydrogen-bond donors (Lipinski definition) is 0. The molecule has 0 amide bonds. The van der Waals surface area contributed by atoms with Crippen LogP contribution in [0.5, 0.6) is 0 Å². The average molecular weight is 690 g/mol. The van der Waals surface area contributed by atoms with Crippen molar-refractivity contribution in [1.29, 1.82) is 0 Å². The molecule has 0 aliphatic heterocycles. The van der Waals surface area contributed by atoms with Gasteiger partial charge in [0.1, 0.15) is 6.47 Å². The van der Waals surface area contributed by atoms with Gasteiger partial charge >= 0.3 is 0 Å². The van der Waals surface area contributed by atoms with Crippen molar-refractivity contribution in [2.45, 2.75) is 39.5 Å². The molecule has 0 rings (SSSR count). The molecule has 0 heterocycles. The van der Waals surface area contributed by atoms with Gasteiger partial charge in [-0.25, -0.2) is 0 Å². The first kappa shape index (κ1) is 22.9. The van der Waals surface area contributed by atoms with E-state index < -0.39 is 6.47 Å². The SMILES string of the molecule is C=C(C(Cl)C(Br)(Br)C(C)(C)CBr)C(Br)(Br)C(C)(C)CBr. The van der Waals surface area contributed by atoms with Crippen LogP contribution in [0.3, 0.4) is 0 Å². The second-order valence-corrected chi connectivity index (χ2v) is 14.7. The van der Waals surface area contributed by atoms with E-state index in [1.807, 2.05) is 0 Å². The molecule has 0 fully saturated rings. The molecule has 0 nitrogen and oxygen atoms in total. The molecule has 0 aliphatic rings. The third kappa shape index (κ3) is 4.50. The van der Waals surface area contributed by atoms with Crippen LogP contribution in [0.1, 0.15) is 27.7 Å². The van der Waals surface area contributed by atoms with E-state index in [-0.39, 0.29) is 16.2 Å². The number of halogens is 7. The lowest BCUT2D eigenvalue weighted by Crippen LogP contribution is -2.48. The standard InChI is InChI=1S/C13H19Br6Cl/c1-8(12(16,17)10(2,3)6-14)9(20)13(18,19)11(4,5)7-15/h9H,1,6-7H2,2-5H3. The summed E-state index contributed by atoms with van der Waals surface area (Å²) in [5.74, 6) is 0. The molecule has 0 spiro atoms. The minimum Gasteiger partial charge on any atom is -0.116 e. The monoisotopic (exact) mass is 684 g/mol. The van der Waals surface area contributed by atoms with Gasteiger partial charge in [0, 0.05) is 21.5 Å². The zero-order valence-electron chi connectivity index (χ0n) is 11.8. The van der Waals surface area contributed by atoms with E-state index >= 15 is 0 Å². The van der Waals surface area contributed by atoms with Crippen molar-refractivity contribution in [3.63, 3.8) is 0 Å². The Kier molecular flexibility index (Phi) is 9.00. The first-order valence-corrected chi connectivity index (χ1v) is 11.7. The molecule has 20 heavy (non-hydrogen) atoms. The smallest absolute Gasteiger partial charge is 0.108 e. The molecule has 0 bridgehead atoms. The maximum atomic E-state index is 6.74. The molecule has 1 atom stereocenters. The second kappa shape index (κ2) is 7.86. The Morgan fingerprint density at radius 3 is 1.60 bits per heavy atom. The summed E-state index contributed by atoms with van der Waals surface area (Å²) in [6.07, 6.45) is 0. The third-order valence-electron chi connectivity index (χ3n) is 3.45. The normalized spacial score (nSPS) is 16.1. The Hall–Kier alpha value is 2.91. The summed E-state index contributed by atoms with van der Waals surface area (Å²) in [6, 6.07) is 0. The van der Waals surface area contributed by atoms with Crippen LogP contribution < -0.4 is 0 Å². The summed E-state index contributed by atoms with van der Waals surface area (Å²) >= 11 is 28.9. The van der Waals surface area contributed by atoms with Crippen molar-refractivity contribution in [1.82, 2.24) is 0 Å². The summed E-state index contributed by atoms with van der Waals surface area (Å²) < 4.78 is -0.956. The lowest BCUT2D eigenvalue weighted by atomic mass is 9.82. The van der Waals surface area contributed by atoms with Crippen LogP contribution >= 0.6 is 107 Å². The van der Waals surface area contributed by atoms with E-state index in [0.717, 1.165) is 16.2 Å². The molecule has 0 saturated heterocycles. The van der Waals surface area contributed by atoms with E-state index in [9.17, 15) is 0 Å². The van der Waals surface area contributed by atoms with Crippen LogP contribution in [0, 0.1) is 10.8 Å². The van der Waals surface area contributed by atoms with Gasteiger partial charge in [-0.2, -0.15) is 0 Å². The molecule has 7 heteroatoms. The first-order valence-electron chi connectivity index (χ1n) is 5.90. The van der Waals surface area contributed by atoms with Crippen LogP contribution in [-0.4, -0.2) is 22.5 Å². The van der Waals surface area contributed by atoms with Crippen LogP contribution in [0.2, 0.25) is 0 Å². The molecule has 0 aromatic carbocycles. The lowest BCUT2D eigenvalue weighted by molar-refractivity contribution is 0.371. The number of allylic oxidation sites excluding steroid dienone is 1. The summed E-state index contributed by atoms with van der Waals surface area (Å²) in [6.45, 7) is 12.8. The highest BCUT2D eigenvalue weighted by atomic mass is 79.9. The molecular formula is C13H19Br6Cl. The van der Waals surface area contributed by atoms with Gasteiger partial charge in [-0.05, 0) is 5.57 Å². The largest absolute Gasteiger partial charge is 0.116 e. The Morgan fingerprint density at radius 1 is 0.950 bits per heavy atom. The van der Waals surface area contributed by atoms with Crippen LogP contribution in [0.15, 0.2) is 12.2 Å². The maximum Gasteiger partial charge on any atom is 0.108 e. The van der Waals surface area contributed by atoms with Gasteiger partial charge in [0.2, 0.25) is 0 Å². The van der Waals surface area contributed by atoms with Crippen molar-refractivity contribution >= 4 is 107 Å². The van der Waals surface area contributed by atoms with Gasteiger partial charge in [0.05, 0.1) is 5.38 Å². The summed E-state index contributed by atoms with van der Waals surface area (Å²) in [7, 11) is 0. The van der Waals surface area contributed by atoms with Gasteiger partial charge in [-0.15, -0.1) is 11.6 Å². The van der Waals surface area contributed by atoms with Gasteiger partial charge in [0.25, 0.3) is 0 Å². The Labute approximate surface area is 178 Å². The second-order valence-electron chi connectivity index (χ2n) is 6.12. The van der Waals surface area contributed by atoms with E-state index in [4.69, 9.17) is 11.6 Å². The minimum absolute atomic E-state index is 0.105. The van der Waals surface area contributed by atoms with Gasteiger partial charge in [0.15, 0.2) is 0 Å². The fourth-order valence-corrected chi connectivity index (χ4v) is 5.99. The van der Waals surface area contributed by atoms with Crippen LogP contribution in [-0.2, 0) is 0 Å². The predicted molar refractivity (Wildman–Crippen MR) is 115 cm³/mol. The third-order valence-corrected chi connectivity index (χ3v) is 13.6. The van der Waals surface area contributed by atoms with Crippen LogP contribution in [0.4, 0.5) is 0 Å². The maximum absolute atomic E-state index is 6.74. The van der Waals surface area contributed by atoms with E-state index in [1.165, 1.54) is 0 Å². The van der Waals surface area contributed by atoms with E-state index in [1.54, 1.807) is 0 Å². The molecular weight excluding hydrogens is 671 g/mol. The summed E-state index contributed by atoms with van der Waals surface area (Å²) in [5.41, 5.74) is 0.648. The zero-order chi connectivity index (χ0) is 16.6. The highest BCUT2D eigenvalue weighted by molar-refractivity contribution is 9.26. The Bertz CT molecular complexity index is 362. The quantitative estimate of drug-likeness (QED) is 0.188. The molecule has 0 aromatic heterocycles. The molecule has 1 unspecified atom stereocenters. The fraction of sp³-hybridized carbons (Fsp3) is 0.846. The van der Waals surface area contributed by atoms with Gasteiger partial charge in [-0.3, -0.25) is 0 Å². The highest BCUT2D eigenvalue weighted by Crippen LogP contribution is 2.58. The molecule has 0 N–H and O–H groups in total. The number of rotatable bonds is 7. The average Bonchev–Trinajstić information content (AvgIpc) is 2.35. The van der Waals surface area contributed by atoms with Gasteiger partial charge in [-0.1, -0.05) is 130 Å². The van der Waals surface area contributed by atoms with Crippen molar-refractivity contribution < 1.29 is 0 Å². The number of hydrogen-bond acceptors (Lipinski definition) is 0. The van der Waals surface area contributed by atoms with E-state index in [0.29, 0.717) is 0 Å². The highest BCUT2D eigenvalue weighted by Gasteiger charge is 2.53. The topological polar surface area (TPSA) is 0 Å². The molecule has 0 aliphatic carbocycles. The number of alkyl halides is 7.